The lowest BCUT2D eigenvalue weighted by atomic mass is 9.47. The van der Waals surface area contributed by atoms with Gasteiger partial charge in [-0.1, -0.05) is 37.1 Å². The fourth-order valence-electron chi connectivity index (χ4n) is 9.67. The van der Waals surface area contributed by atoms with Gasteiger partial charge >= 0.3 is 11.9 Å². The minimum atomic E-state index is -0.606. The Hall–Kier alpha value is -1.96. The monoisotopic (exact) mass is 598 g/mol. The van der Waals surface area contributed by atoms with Gasteiger partial charge in [-0.2, -0.15) is 0 Å². The second-order valence-electron chi connectivity index (χ2n) is 14.2. The van der Waals surface area contributed by atoms with Crippen molar-refractivity contribution in [3.63, 3.8) is 0 Å². The molecule has 0 radical (unpaired) electrons. The van der Waals surface area contributed by atoms with E-state index in [0.717, 1.165) is 56.7 Å². The molecule has 7 heteroatoms. The van der Waals surface area contributed by atoms with Crippen molar-refractivity contribution in [3.8, 4) is 0 Å². The third-order valence-electron chi connectivity index (χ3n) is 11.8. The van der Waals surface area contributed by atoms with Gasteiger partial charge in [-0.05, 0) is 118 Å². The maximum Gasteiger partial charge on any atom is 0.303 e. The SMILES string of the molecule is CCOCC/C=C(\C)[C@H]1CC[C@H]2[C@@H]3CC=C4C[C@@H](OC5C=C[C@H](OC(C)=O)[C@@H](COC(C)=O)O5)CC[C@]4(C)[C@H]3CC[C@]12C. The van der Waals surface area contributed by atoms with E-state index in [-0.39, 0.29) is 18.1 Å². The van der Waals surface area contributed by atoms with Crippen LogP contribution in [0.2, 0.25) is 0 Å². The highest BCUT2D eigenvalue weighted by Gasteiger charge is 2.58. The molecule has 240 valence electrons. The molecular formula is C36H54O7. The van der Waals surface area contributed by atoms with Gasteiger partial charge in [-0.25, -0.2) is 0 Å². The molecule has 7 nitrogen and oxygen atoms in total. The van der Waals surface area contributed by atoms with Crippen molar-refractivity contribution in [2.45, 2.75) is 124 Å². The Balaban J connectivity index is 1.22. The zero-order valence-corrected chi connectivity index (χ0v) is 27.3. The number of fused-ring (bicyclic) bond motifs is 5. The lowest BCUT2D eigenvalue weighted by molar-refractivity contribution is -0.213. The Bertz CT molecular complexity index is 1110. The Morgan fingerprint density at radius 1 is 1.02 bits per heavy atom. The van der Waals surface area contributed by atoms with E-state index in [2.05, 4.69) is 39.8 Å². The Kier molecular flexibility index (Phi) is 10.2. The summed E-state index contributed by atoms with van der Waals surface area (Å²) in [6.07, 6.45) is 17.6. The molecule has 43 heavy (non-hydrogen) atoms. The van der Waals surface area contributed by atoms with Crippen LogP contribution in [0.5, 0.6) is 0 Å². The lowest BCUT2D eigenvalue weighted by Gasteiger charge is -2.58. The average Bonchev–Trinajstić information content (AvgIpc) is 3.32. The van der Waals surface area contributed by atoms with E-state index in [4.69, 9.17) is 23.7 Å². The topological polar surface area (TPSA) is 80.3 Å². The van der Waals surface area contributed by atoms with Crippen LogP contribution in [-0.2, 0) is 33.3 Å². The summed E-state index contributed by atoms with van der Waals surface area (Å²) in [5.74, 6) is 2.23. The largest absolute Gasteiger partial charge is 0.463 e. The molecule has 3 saturated carbocycles. The van der Waals surface area contributed by atoms with Crippen LogP contribution in [0, 0.1) is 34.5 Å². The molecule has 0 N–H and O–H groups in total. The number of ether oxygens (including phenoxy) is 5. The van der Waals surface area contributed by atoms with Gasteiger partial charge in [-0.15, -0.1) is 0 Å². The minimum Gasteiger partial charge on any atom is -0.463 e. The van der Waals surface area contributed by atoms with E-state index >= 15 is 0 Å². The molecule has 1 unspecified atom stereocenters. The van der Waals surface area contributed by atoms with Crippen molar-refractivity contribution in [1.29, 1.82) is 0 Å². The van der Waals surface area contributed by atoms with Crippen molar-refractivity contribution >= 4 is 11.9 Å². The van der Waals surface area contributed by atoms with Crippen LogP contribution < -0.4 is 0 Å². The van der Waals surface area contributed by atoms with Gasteiger partial charge in [0, 0.05) is 27.1 Å². The molecule has 0 aromatic rings. The van der Waals surface area contributed by atoms with Gasteiger partial charge in [0.05, 0.1) is 6.10 Å². The highest BCUT2D eigenvalue weighted by atomic mass is 16.7. The lowest BCUT2D eigenvalue weighted by Crippen LogP contribution is -2.51. The summed E-state index contributed by atoms with van der Waals surface area (Å²) < 4.78 is 28.8. The Labute approximate surface area is 258 Å². The highest BCUT2D eigenvalue weighted by molar-refractivity contribution is 5.66. The zero-order chi connectivity index (χ0) is 30.8. The van der Waals surface area contributed by atoms with Crippen LogP contribution >= 0.6 is 0 Å². The van der Waals surface area contributed by atoms with Gasteiger partial charge < -0.3 is 23.7 Å². The van der Waals surface area contributed by atoms with Crippen LogP contribution in [0.4, 0.5) is 0 Å². The maximum absolute atomic E-state index is 11.6. The highest BCUT2D eigenvalue weighted by Crippen LogP contribution is 2.67. The molecule has 0 amide bonds. The zero-order valence-electron chi connectivity index (χ0n) is 27.3. The van der Waals surface area contributed by atoms with Crippen LogP contribution in [0.1, 0.15) is 99.3 Å². The predicted molar refractivity (Wildman–Crippen MR) is 165 cm³/mol. The van der Waals surface area contributed by atoms with Gasteiger partial charge in [0.25, 0.3) is 0 Å². The summed E-state index contributed by atoms with van der Waals surface area (Å²) >= 11 is 0. The number of hydrogen-bond donors (Lipinski definition) is 0. The van der Waals surface area contributed by atoms with Gasteiger partial charge in [0.15, 0.2) is 6.29 Å². The summed E-state index contributed by atoms with van der Waals surface area (Å²) in [5.41, 5.74) is 3.81. The summed E-state index contributed by atoms with van der Waals surface area (Å²) in [5, 5.41) is 0. The predicted octanol–water partition coefficient (Wildman–Crippen LogP) is 7.10. The standard InChI is InChI=1S/C36H54O7/c1-7-39-20-8-9-23(2)29-12-13-30-28-11-10-26-21-27(16-18-35(26,5)31(28)17-19-36(29,30)6)42-34-15-14-32(41-25(4)38)33(43-34)22-40-24(3)37/h9-10,14-15,27-34H,7-8,11-13,16-22H2,1-6H3/b23-9+/t27-,28-,29+,30-,31-,32-,33+,34?,35-,36+/m0/s1. The van der Waals surface area contributed by atoms with Crippen LogP contribution in [0.25, 0.3) is 0 Å². The smallest absolute Gasteiger partial charge is 0.303 e. The molecule has 5 rings (SSSR count). The van der Waals surface area contributed by atoms with E-state index in [1.54, 1.807) is 17.2 Å². The third kappa shape index (κ3) is 6.84. The Morgan fingerprint density at radius 2 is 1.84 bits per heavy atom. The molecule has 5 aliphatic rings. The molecule has 0 aromatic heterocycles. The molecule has 4 aliphatic carbocycles. The van der Waals surface area contributed by atoms with Crippen LogP contribution in [0.15, 0.2) is 35.5 Å². The van der Waals surface area contributed by atoms with Crippen LogP contribution in [-0.4, -0.2) is 56.4 Å². The minimum absolute atomic E-state index is 0.0119. The number of rotatable bonds is 10. The van der Waals surface area contributed by atoms with Crippen molar-refractivity contribution < 1.29 is 33.3 Å². The molecule has 0 spiro atoms. The van der Waals surface area contributed by atoms with E-state index < -0.39 is 30.4 Å². The molecular weight excluding hydrogens is 544 g/mol. The van der Waals surface area contributed by atoms with E-state index in [0.29, 0.717) is 11.3 Å². The molecule has 1 heterocycles. The van der Waals surface area contributed by atoms with E-state index in [9.17, 15) is 9.59 Å². The van der Waals surface area contributed by atoms with Crippen molar-refractivity contribution in [2.24, 2.45) is 34.5 Å². The van der Waals surface area contributed by atoms with E-state index in [1.807, 2.05) is 6.08 Å². The number of hydrogen-bond acceptors (Lipinski definition) is 7. The number of carbonyl (C=O) groups is 2. The first-order valence-corrected chi connectivity index (χ1v) is 16.8. The fraction of sp³-hybridized carbons (Fsp3) is 0.778. The van der Waals surface area contributed by atoms with Crippen molar-refractivity contribution in [3.05, 3.63) is 35.5 Å². The maximum atomic E-state index is 11.6. The summed E-state index contributed by atoms with van der Waals surface area (Å²) in [6.45, 7) is 13.9. The van der Waals surface area contributed by atoms with Gasteiger partial charge in [0.1, 0.15) is 18.8 Å². The van der Waals surface area contributed by atoms with Crippen molar-refractivity contribution in [2.75, 3.05) is 19.8 Å². The fourth-order valence-corrected chi connectivity index (χ4v) is 9.67. The van der Waals surface area contributed by atoms with Crippen LogP contribution in [0.3, 0.4) is 0 Å². The average molecular weight is 599 g/mol. The first-order valence-electron chi connectivity index (χ1n) is 16.8. The quantitative estimate of drug-likeness (QED) is 0.151. The number of esters is 2. The first-order chi connectivity index (χ1) is 20.5. The second kappa shape index (κ2) is 13.6. The molecule has 0 aromatic carbocycles. The molecule has 0 saturated heterocycles. The number of allylic oxidation sites excluding steroid dienone is 2. The van der Waals surface area contributed by atoms with Gasteiger partial charge in [-0.3, -0.25) is 9.59 Å². The summed E-state index contributed by atoms with van der Waals surface area (Å²) in [4.78, 5) is 23.0. The normalized spacial score (nSPS) is 40.6. The molecule has 1 aliphatic heterocycles. The summed E-state index contributed by atoms with van der Waals surface area (Å²) in [6, 6.07) is 0. The second-order valence-corrected chi connectivity index (χ2v) is 14.2. The molecule has 10 atom stereocenters. The summed E-state index contributed by atoms with van der Waals surface area (Å²) in [7, 11) is 0. The van der Waals surface area contributed by atoms with Crippen molar-refractivity contribution in [1.82, 2.24) is 0 Å². The third-order valence-corrected chi connectivity index (χ3v) is 11.8. The first kappa shape index (κ1) is 32.4. The Morgan fingerprint density at radius 3 is 2.58 bits per heavy atom. The van der Waals surface area contributed by atoms with E-state index in [1.165, 1.54) is 46.0 Å². The molecule has 3 fully saturated rings. The van der Waals surface area contributed by atoms with Gasteiger partial charge in [0.2, 0.25) is 0 Å². The number of carbonyl (C=O) groups excluding carboxylic acids is 2. The molecule has 0 bridgehead atoms.